The molecule has 2 saturated heterocycles. The quantitative estimate of drug-likeness (QED) is 0.711. The van der Waals surface area contributed by atoms with Crippen LogP contribution >= 0.6 is 0 Å². The first-order chi connectivity index (χ1) is 11.9. The number of carbonyl (C=O) groups is 2. The molecule has 0 spiro atoms. The van der Waals surface area contributed by atoms with Gasteiger partial charge in [-0.1, -0.05) is 0 Å². The predicted octanol–water partition coefficient (Wildman–Crippen LogP) is 2.94. The van der Waals surface area contributed by atoms with Crippen LogP contribution < -0.4 is 0 Å². The maximum absolute atomic E-state index is 12.2. The minimum atomic E-state index is -0.456. The number of ether oxygens (including phenoxy) is 2. The highest BCUT2D eigenvalue weighted by Crippen LogP contribution is 2.21. The first kappa shape index (κ1) is 20.8. The average Bonchev–Trinajstić information content (AvgIpc) is 2.52. The molecule has 0 radical (unpaired) electrons. The van der Waals surface area contributed by atoms with Gasteiger partial charge in [-0.2, -0.15) is 0 Å². The van der Waals surface area contributed by atoms with E-state index in [2.05, 4.69) is 4.90 Å². The highest BCUT2D eigenvalue weighted by molar-refractivity contribution is 5.68. The van der Waals surface area contributed by atoms with Crippen LogP contribution in [0.15, 0.2) is 0 Å². The highest BCUT2D eigenvalue weighted by Gasteiger charge is 2.32. The first-order valence-electron chi connectivity index (χ1n) is 9.64. The number of nitrogens with zero attached hydrogens (tertiary/aromatic N) is 3. The lowest BCUT2D eigenvalue weighted by Crippen LogP contribution is -2.55. The van der Waals surface area contributed by atoms with Crippen molar-refractivity contribution in [2.24, 2.45) is 0 Å². The zero-order valence-electron chi connectivity index (χ0n) is 17.2. The second-order valence-corrected chi connectivity index (χ2v) is 9.20. The van der Waals surface area contributed by atoms with Gasteiger partial charge in [0.2, 0.25) is 0 Å². The van der Waals surface area contributed by atoms with Gasteiger partial charge in [0.05, 0.1) is 0 Å². The van der Waals surface area contributed by atoms with Crippen molar-refractivity contribution in [1.29, 1.82) is 0 Å². The molecule has 0 unspecified atom stereocenters. The fraction of sp³-hybridized carbons (Fsp3) is 0.895. The number of piperidine rings is 1. The van der Waals surface area contributed by atoms with Crippen LogP contribution in [-0.4, -0.2) is 83.4 Å². The Balaban J connectivity index is 1.74. The summed E-state index contributed by atoms with van der Waals surface area (Å²) in [7, 11) is 0. The van der Waals surface area contributed by atoms with Gasteiger partial charge in [-0.05, 0) is 54.4 Å². The SMILES string of the molecule is CC(C)(C)OC(=O)N1CCC(N2CCN(C(=O)OC(C)(C)C)CC2)CC1. The lowest BCUT2D eigenvalue weighted by molar-refractivity contribution is -0.00130. The fourth-order valence-corrected chi connectivity index (χ4v) is 3.34. The Kier molecular flexibility index (Phi) is 6.42. The van der Waals surface area contributed by atoms with Gasteiger partial charge in [0.1, 0.15) is 11.2 Å². The summed E-state index contributed by atoms with van der Waals surface area (Å²) in [6.07, 6.45) is 1.46. The Morgan fingerprint density at radius 3 is 1.46 bits per heavy atom. The third-order valence-electron chi connectivity index (χ3n) is 4.60. The van der Waals surface area contributed by atoms with Gasteiger partial charge in [-0.3, -0.25) is 4.90 Å². The predicted molar refractivity (Wildman–Crippen MR) is 100 cm³/mol. The molecule has 0 N–H and O–H groups in total. The number of hydrogen-bond acceptors (Lipinski definition) is 5. The average molecular weight is 370 g/mol. The van der Waals surface area contributed by atoms with Gasteiger partial charge in [-0.15, -0.1) is 0 Å². The van der Waals surface area contributed by atoms with Gasteiger partial charge in [0.25, 0.3) is 0 Å². The molecule has 0 aromatic carbocycles. The fourth-order valence-electron chi connectivity index (χ4n) is 3.34. The molecule has 0 aromatic heterocycles. The number of amides is 2. The zero-order chi connectivity index (χ0) is 19.5. The molecule has 2 aliphatic heterocycles. The standard InChI is InChI=1S/C19H35N3O4/c1-18(2,3)25-16(23)21-9-7-15(8-10-21)20-11-13-22(14-12-20)17(24)26-19(4,5)6/h15H,7-14H2,1-6H3. The van der Waals surface area contributed by atoms with Gasteiger partial charge < -0.3 is 19.3 Å². The molecule has 2 rings (SSSR count). The summed E-state index contributed by atoms with van der Waals surface area (Å²) in [5.74, 6) is 0. The van der Waals surface area contributed by atoms with Crippen molar-refractivity contribution in [2.75, 3.05) is 39.3 Å². The summed E-state index contributed by atoms with van der Waals surface area (Å²) in [4.78, 5) is 30.3. The van der Waals surface area contributed by atoms with Crippen molar-refractivity contribution in [1.82, 2.24) is 14.7 Å². The first-order valence-corrected chi connectivity index (χ1v) is 9.64. The van der Waals surface area contributed by atoms with Crippen molar-refractivity contribution in [2.45, 2.75) is 71.6 Å². The molecule has 2 fully saturated rings. The van der Waals surface area contributed by atoms with Gasteiger partial charge >= 0.3 is 12.2 Å². The Labute approximate surface area is 157 Å². The Bertz CT molecular complexity index is 448. The molecule has 2 amide bonds. The van der Waals surface area contributed by atoms with E-state index in [9.17, 15) is 9.59 Å². The van der Waals surface area contributed by atoms with Crippen molar-refractivity contribution in [3.63, 3.8) is 0 Å². The minimum Gasteiger partial charge on any atom is -0.444 e. The van der Waals surface area contributed by atoms with Crippen LogP contribution in [0.1, 0.15) is 54.4 Å². The summed E-state index contributed by atoms with van der Waals surface area (Å²) in [5, 5.41) is 0. The lowest BCUT2D eigenvalue weighted by Gasteiger charge is -2.42. The Morgan fingerprint density at radius 1 is 0.692 bits per heavy atom. The number of hydrogen-bond donors (Lipinski definition) is 0. The topological polar surface area (TPSA) is 62.3 Å². The molecule has 0 atom stereocenters. The van der Waals surface area contributed by atoms with Gasteiger partial charge in [-0.25, -0.2) is 9.59 Å². The molecule has 7 heteroatoms. The van der Waals surface area contributed by atoms with E-state index in [1.165, 1.54) is 0 Å². The third-order valence-corrected chi connectivity index (χ3v) is 4.60. The van der Waals surface area contributed by atoms with E-state index in [1.807, 2.05) is 41.5 Å². The maximum Gasteiger partial charge on any atom is 0.410 e. The van der Waals surface area contributed by atoms with Crippen LogP contribution in [0.5, 0.6) is 0 Å². The molecule has 7 nitrogen and oxygen atoms in total. The van der Waals surface area contributed by atoms with Crippen molar-refractivity contribution in [3.8, 4) is 0 Å². The summed E-state index contributed by atoms with van der Waals surface area (Å²) < 4.78 is 10.9. The molecule has 150 valence electrons. The van der Waals surface area contributed by atoms with Crippen LogP contribution in [0.25, 0.3) is 0 Å². The largest absolute Gasteiger partial charge is 0.444 e. The van der Waals surface area contributed by atoms with Crippen molar-refractivity contribution < 1.29 is 19.1 Å². The summed E-state index contributed by atoms with van der Waals surface area (Å²) in [5.41, 5.74) is -0.908. The highest BCUT2D eigenvalue weighted by atomic mass is 16.6. The molecule has 0 saturated carbocycles. The maximum atomic E-state index is 12.2. The van der Waals surface area contributed by atoms with E-state index in [-0.39, 0.29) is 12.2 Å². The van der Waals surface area contributed by atoms with E-state index in [4.69, 9.17) is 9.47 Å². The third kappa shape index (κ3) is 6.34. The Morgan fingerprint density at radius 2 is 1.08 bits per heavy atom. The van der Waals surface area contributed by atoms with E-state index in [0.717, 1.165) is 39.0 Å². The van der Waals surface area contributed by atoms with Crippen LogP contribution in [0, 0.1) is 0 Å². The van der Waals surface area contributed by atoms with Crippen molar-refractivity contribution in [3.05, 3.63) is 0 Å². The normalized spacial score (nSPS) is 20.8. The number of likely N-dealkylation sites (tertiary alicyclic amines) is 1. The smallest absolute Gasteiger partial charge is 0.410 e. The van der Waals surface area contributed by atoms with Crippen LogP contribution in [-0.2, 0) is 9.47 Å². The summed E-state index contributed by atoms with van der Waals surface area (Å²) in [6.45, 7) is 15.9. The lowest BCUT2D eigenvalue weighted by atomic mass is 10.0. The summed E-state index contributed by atoms with van der Waals surface area (Å²) in [6, 6.07) is 0.467. The number of carbonyl (C=O) groups excluding carboxylic acids is 2. The zero-order valence-corrected chi connectivity index (χ0v) is 17.2. The Hall–Kier alpha value is -1.50. The van der Waals surface area contributed by atoms with E-state index in [0.29, 0.717) is 19.1 Å². The van der Waals surface area contributed by atoms with Crippen molar-refractivity contribution >= 4 is 12.2 Å². The molecule has 2 heterocycles. The van der Waals surface area contributed by atoms with E-state index >= 15 is 0 Å². The molecule has 0 aliphatic carbocycles. The van der Waals surface area contributed by atoms with Gasteiger partial charge in [0, 0.05) is 45.3 Å². The molecular formula is C19H35N3O4. The van der Waals surface area contributed by atoms with E-state index < -0.39 is 11.2 Å². The number of rotatable bonds is 1. The molecule has 2 aliphatic rings. The second kappa shape index (κ2) is 8.03. The second-order valence-electron chi connectivity index (χ2n) is 9.20. The molecule has 0 aromatic rings. The van der Waals surface area contributed by atoms with Crippen LogP contribution in [0.2, 0.25) is 0 Å². The summed E-state index contributed by atoms with van der Waals surface area (Å²) >= 11 is 0. The number of piperazine rings is 1. The molecular weight excluding hydrogens is 334 g/mol. The van der Waals surface area contributed by atoms with Gasteiger partial charge in [0.15, 0.2) is 0 Å². The monoisotopic (exact) mass is 369 g/mol. The van der Waals surface area contributed by atoms with Crippen LogP contribution in [0.4, 0.5) is 9.59 Å². The van der Waals surface area contributed by atoms with Crippen LogP contribution in [0.3, 0.4) is 0 Å². The molecule has 0 bridgehead atoms. The minimum absolute atomic E-state index is 0.217. The van der Waals surface area contributed by atoms with E-state index in [1.54, 1.807) is 9.80 Å². The molecule has 26 heavy (non-hydrogen) atoms.